The lowest BCUT2D eigenvalue weighted by Crippen LogP contribution is -2.69. The fraction of sp³-hybridized carbons (Fsp3) is 1.00. The molecular formula is C9H16OS. The Morgan fingerprint density at radius 1 is 1.18 bits per heavy atom. The van der Waals surface area contributed by atoms with Crippen LogP contribution in [0.5, 0.6) is 0 Å². The van der Waals surface area contributed by atoms with Gasteiger partial charge in [0.05, 0.1) is 6.10 Å². The molecule has 11 heavy (non-hydrogen) atoms. The van der Waals surface area contributed by atoms with E-state index < -0.39 is 0 Å². The second-order valence-electron chi connectivity index (χ2n) is 4.96. The molecule has 64 valence electrons. The van der Waals surface area contributed by atoms with E-state index in [1.54, 1.807) is 0 Å². The predicted molar refractivity (Wildman–Crippen MR) is 48.8 cm³/mol. The fourth-order valence-electron chi connectivity index (χ4n) is 2.91. The van der Waals surface area contributed by atoms with E-state index in [0.717, 1.165) is 0 Å². The minimum atomic E-state index is -0.120. The summed E-state index contributed by atoms with van der Waals surface area (Å²) in [5.41, 5.74) is 0.280. The first-order valence-corrected chi connectivity index (χ1v) is 5.17. The Labute approximate surface area is 72.6 Å². The van der Waals surface area contributed by atoms with Crippen LogP contribution in [0.2, 0.25) is 0 Å². The molecule has 1 aliphatic carbocycles. The SMILES string of the molecule is CC1(C)C(O)C(C)(C)C12CS2. The molecule has 0 atom stereocenters. The van der Waals surface area contributed by atoms with Crippen LogP contribution in [-0.2, 0) is 0 Å². The van der Waals surface area contributed by atoms with E-state index in [1.165, 1.54) is 5.75 Å². The second kappa shape index (κ2) is 1.64. The van der Waals surface area contributed by atoms with Gasteiger partial charge in [-0.05, 0) is 0 Å². The van der Waals surface area contributed by atoms with Crippen LogP contribution in [0.1, 0.15) is 27.7 Å². The van der Waals surface area contributed by atoms with Crippen LogP contribution in [0.4, 0.5) is 0 Å². The summed E-state index contributed by atoms with van der Waals surface area (Å²) in [5.74, 6) is 1.24. The topological polar surface area (TPSA) is 20.2 Å². The van der Waals surface area contributed by atoms with Gasteiger partial charge in [-0.1, -0.05) is 27.7 Å². The van der Waals surface area contributed by atoms with E-state index >= 15 is 0 Å². The Hall–Kier alpha value is 0.310. The van der Waals surface area contributed by atoms with Crippen LogP contribution in [0.3, 0.4) is 0 Å². The maximum atomic E-state index is 9.87. The van der Waals surface area contributed by atoms with E-state index in [4.69, 9.17) is 0 Å². The molecule has 0 radical (unpaired) electrons. The van der Waals surface area contributed by atoms with Gasteiger partial charge in [-0.2, -0.15) is 11.8 Å². The van der Waals surface area contributed by atoms with Gasteiger partial charge in [0.1, 0.15) is 0 Å². The third-order valence-electron chi connectivity index (χ3n) is 3.88. The quantitative estimate of drug-likeness (QED) is 0.563. The van der Waals surface area contributed by atoms with Gasteiger partial charge in [-0.25, -0.2) is 0 Å². The molecule has 1 heterocycles. The Bertz CT molecular complexity index is 186. The first kappa shape index (κ1) is 7.93. The van der Waals surface area contributed by atoms with E-state index in [2.05, 4.69) is 27.7 Å². The van der Waals surface area contributed by atoms with Crippen LogP contribution in [0, 0.1) is 10.8 Å². The van der Waals surface area contributed by atoms with Crippen molar-refractivity contribution in [2.45, 2.75) is 38.5 Å². The highest BCUT2D eigenvalue weighted by Gasteiger charge is 2.78. The third kappa shape index (κ3) is 0.571. The molecule has 1 spiro atoms. The number of aliphatic hydroxyl groups excluding tert-OH is 1. The molecule has 0 aromatic rings. The monoisotopic (exact) mass is 172 g/mol. The summed E-state index contributed by atoms with van der Waals surface area (Å²) in [6.45, 7) is 8.73. The Balaban J connectivity index is 2.34. The minimum absolute atomic E-state index is 0.120. The highest BCUT2D eigenvalue weighted by atomic mass is 32.2. The maximum absolute atomic E-state index is 9.87. The van der Waals surface area contributed by atoms with Crippen LogP contribution < -0.4 is 0 Å². The van der Waals surface area contributed by atoms with Gasteiger partial charge in [0.15, 0.2) is 0 Å². The Morgan fingerprint density at radius 3 is 1.73 bits per heavy atom. The molecule has 1 N–H and O–H groups in total. The van der Waals surface area contributed by atoms with Gasteiger partial charge >= 0.3 is 0 Å². The molecule has 0 amide bonds. The summed E-state index contributed by atoms with van der Waals surface area (Å²) in [6, 6.07) is 0. The average Bonchev–Trinajstić information content (AvgIpc) is 2.64. The van der Waals surface area contributed by atoms with E-state index in [1.807, 2.05) is 11.8 Å². The molecule has 2 rings (SSSR count). The zero-order chi connectivity index (χ0) is 8.49. The second-order valence-corrected chi connectivity index (χ2v) is 6.24. The van der Waals surface area contributed by atoms with E-state index in [9.17, 15) is 5.11 Å². The summed E-state index contributed by atoms with van der Waals surface area (Å²) in [5, 5.41) is 9.87. The van der Waals surface area contributed by atoms with Crippen LogP contribution >= 0.6 is 11.8 Å². The van der Waals surface area contributed by atoms with Crippen LogP contribution in [-0.4, -0.2) is 21.7 Å². The van der Waals surface area contributed by atoms with Gasteiger partial charge < -0.3 is 5.11 Å². The fourth-order valence-corrected chi connectivity index (χ4v) is 4.77. The van der Waals surface area contributed by atoms with E-state index in [-0.39, 0.29) is 16.9 Å². The third-order valence-corrected chi connectivity index (χ3v) is 5.80. The summed E-state index contributed by atoms with van der Waals surface area (Å²) in [6.07, 6.45) is -0.120. The number of thioether (sulfide) groups is 1. The summed E-state index contributed by atoms with van der Waals surface area (Å²) in [7, 11) is 0. The lowest BCUT2D eigenvalue weighted by atomic mass is 9.46. The number of aliphatic hydroxyl groups is 1. The first-order chi connectivity index (χ1) is 4.86. The number of hydrogen-bond donors (Lipinski definition) is 1. The maximum Gasteiger partial charge on any atom is 0.0669 e. The lowest BCUT2D eigenvalue weighted by molar-refractivity contribution is -0.169. The highest BCUT2D eigenvalue weighted by Crippen LogP contribution is 2.76. The molecule has 2 aliphatic rings. The smallest absolute Gasteiger partial charge is 0.0669 e. The number of rotatable bonds is 0. The standard InChI is InChI=1S/C9H16OS/c1-7(2)6(10)8(3,4)9(7)5-11-9/h6,10H,5H2,1-4H3. The predicted octanol–water partition coefficient (Wildman–Crippen LogP) is 1.90. The van der Waals surface area contributed by atoms with Gasteiger partial charge in [-0.3, -0.25) is 0 Å². The van der Waals surface area contributed by atoms with Gasteiger partial charge in [0.25, 0.3) is 0 Å². The summed E-state index contributed by atoms with van der Waals surface area (Å²) in [4.78, 5) is 0. The normalized spacial score (nSPS) is 36.8. The van der Waals surface area contributed by atoms with Crippen molar-refractivity contribution in [3.8, 4) is 0 Å². The van der Waals surface area contributed by atoms with Crippen molar-refractivity contribution in [2.75, 3.05) is 5.75 Å². The van der Waals surface area contributed by atoms with Crippen molar-refractivity contribution in [3.63, 3.8) is 0 Å². The molecular weight excluding hydrogens is 156 g/mol. The van der Waals surface area contributed by atoms with Crippen LogP contribution in [0.15, 0.2) is 0 Å². The van der Waals surface area contributed by atoms with Crippen molar-refractivity contribution in [3.05, 3.63) is 0 Å². The molecule has 1 saturated carbocycles. The van der Waals surface area contributed by atoms with Crippen molar-refractivity contribution >= 4 is 11.8 Å². The van der Waals surface area contributed by atoms with E-state index in [0.29, 0.717) is 4.75 Å². The molecule has 0 aromatic heterocycles. The minimum Gasteiger partial charge on any atom is -0.392 e. The average molecular weight is 172 g/mol. The molecule has 1 nitrogen and oxygen atoms in total. The largest absolute Gasteiger partial charge is 0.392 e. The van der Waals surface area contributed by atoms with Gasteiger partial charge in [0.2, 0.25) is 0 Å². The van der Waals surface area contributed by atoms with Gasteiger partial charge in [-0.15, -0.1) is 0 Å². The van der Waals surface area contributed by atoms with Crippen molar-refractivity contribution in [1.82, 2.24) is 0 Å². The molecule has 0 bridgehead atoms. The Morgan fingerprint density at radius 2 is 1.55 bits per heavy atom. The van der Waals surface area contributed by atoms with Crippen LogP contribution in [0.25, 0.3) is 0 Å². The zero-order valence-electron chi connectivity index (χ0n) is 7.64. The van der Waals surface area contributed by atoms with Gasteiger partial charge in [0, 0.05) is 21.3 Å². The van der Waals surface area contributed by atoms with Crippen molar-refractivity contribution < 1.29 is 5.11 Å². The molecule has 1 aliphatic heterocycles. The molecule has 0 aromatic carbocycles. The Kier molecular flexibility index (Phi) is 1.19. The number of hydrogen-bond acceptors (Lipinski definition) is 2. The van der Waals surface area contributed by atoms with Crippen molar-refractivity contribution in [1.29, 1.82) is 0 Å². The summed E-state index contributed by atoms with van der Waals surface area (Å²) >= 11 is 2.02. The molecule has 2 heteroatoms. The molecule has 1 saturated heterocycles. The van der Waals surface area contributed by atoms with Crippen molar-refractivity contribution in [2.24, 2.45) is 10.8 Å². The lowest BCUT2D eigenvalue weighted by Gasteiger charge is -2.62. The summed E-state index contributed by atoms with van der Waals surface area (Å²) < 4.78 is 0.402. The highest BCUT2D eigenvalue weighted by molar-refractivity contribution is 8.08. The molecule has 2 fully saturated rings. The first-order valence-electron chi connectivity index (χ1n) is 4.18. The molecule has 0 unspecified atom stereocenters. The zero-order valence-corrected chi connectivity index (χ0v) is 8.46.